The number of hydrogen-bond acceptors (Lipinski definition) is 6. The monoisotopic (exact) mass is 347 g/mol. The Hall–Kier alpha value is -2.41. The minimum Gasteiger partial charge on any atom is -0.452 e. The van der Waals surface area contributed by atoms with Gasteiger partial charge in [0.25, 0.3) is 5.91 Å². The molecule has 2 aromatic heterocycles. The van der Waals surface area contributed by atoms with E-state index in [0.717, 1.165) is 12.0 Å². The number of aryl methyl sites for hydroxylation is 2. The van der Waals surface area contributed by atoms with Gasteiger partial charge in [0.05, 0.1) is 0 Å². The number of thiophene rings is 1. The van der Waals surface area contributed by atoms with Crippen LogP contribution in [0.4, 0.5) is 0 Å². The summed E-state index contributed by atoms with van der Waals surface area (Å²) in [7, 11) is 0. The van der Waals surface area contributed by atoms with Crippen molar-refractivity contribution in [1.82, 2.24) is 4.90 Å². The van der Waals surface area contributed by atoms with Crippen molar-refractivity contribution in [1.29, 1.82) is 0 Å². The molecule has 24 heavy (non-hydrogen) atoms. The van der Waals surface area contributed by atoms with Gasteiger partial charge in [0, 0.05) is 24.0 Å². The lowest BCUT2D eigenvalue weighted by molar-refractivity contribution is -0.135. The predicted molar refractivity (Wildman–Crippen MR) is 88.2 cm³/mol. The summed E-state index contributed by atoms with van der Waals surface area (Å²) in [6, 6.07) is 3.25. The maximum absolute atomic E-state index is 12.3. The van der Waals surface area contributed by atoms with Crippen LogP contribution < -0.4 is 5.63 Å². The zero-order chi connectivity index (χ0) is 17.3. The van der Waals surface area contributed by atoms with Gasteiger partial charge in [-0.1, -0.05) is 0 Å². The summed E-state index contributed by atoms with van der Waals surface area (Å²) in [4.78, 5) is 38.7. The average Bonchev–Trinajstić information content (AvgIpc) is 2.99. The maximum Gasteiger partial charge on any atom is 0.342 e. The number of nitrogens with zero attached hydrogens (tertiary/aromatic N) is 1. The van der Waals surface area contributed by atoms with E-state index < -0.39 is 11.6 Å². The van der Waals surface area contributed by atoms with Gasteiger partial charge in [-0.25, -0.2) is 9.59 Å². The molecule has 1 aliphatic heterocycles. The first-order valence-corrected chi connectivity index (χ1v) is 8.45. The van der Waals surface area contributed by atoms with E-state index in [1.807, 2.05) is 11.4 Å². The highest BCUT2D eigenvalue weighted by atomic mass is 32.1. The number of fused-ring (bicyclic) bond motifs is 1. The highest BCUT2D eigenvalue weighted by Crippen LogP contribution is 2.24. The molecule has 0 unspecified atom stereocenters. The molecular weight excluding hydrogens is 330 g/mol. The molecule has 3 heterocycles. The molecule has 126 valence electrons. The molecule has 2 aromatic rings. The maximum atomic E-state index is 12.3. The largest absolute Gasteiger partial charge is 0.452 e. The fourth-order valence-corrected chi connectivity index (χ4v) is 3.70. The third-order valence-corrected chi connectivity index (χ3v) is 5.05. The molecule has 3 rings (SSSR count). The van der Waals surface area contributed by atoms with Crippen LogP contribution in [0.15, 0.2) is 26.7 Å². The van der Waals surface area contributed by atoms with E-state index in [1.165, 1.54) is 17.9 Å². The number of rotatable bonds is 3. The van der Waals surface area contributed by atoms with Gasteiger partial charge < -0.3 is 14.1 Å². The molecule has 1 amide bonds. The summed E-state index contributed by atoms with van der Waals surface area (Å²) >= 11 is 1.70. The summed E-state index contributed by atoms with van der Waals surface area (Å²) in [6.07, 6.45) is 0.828. The van der Waals surface area contributed by atoms with Crippen LogP contribution in [0.2, 0.25) is 0 Å². The van der Waals surface area contributed by atoms with Crippen LogP contribution in [0, 0.1) is 13.8 Å². The first-order valence-electron chi connectivity index (χ1n) is 7.57. The van der Waals surface area contributed by atoms with Crippen LogP contribution in [0.3, 0.4) is 0 Å². The number of carbonyl (C=O) groups excluding carboxylic acids is 2. The Balaban J connectivity index is 1.63. The molecule has 0 atom stereocenters. The van der Waals surface area contributed by atoms with Gasteiger partial charge in [0.1, 0.15) is 11.3 Å². The highest BCUT2D eigenvalue weighted by Gasteiger charge is 2.23. The Morgan fingerprint density at radius 3 is 2.92 bits per heavy atom. The molecule has 0 saturated heterocycles. The SMILES string of the molecule is Cc1cc(=O)oc(C)c1C(=O)OCC(=O)N1CCc2sccc2C1. The Kier molecular flexibility index (Phi) is 4.53. The van der Waals surface area contributed by atoms with Crippen molar-refractivity contribution in [2.75, 3.05) is 13.2 Å². The molecule has 0 radical (unpaired) electrons. The number of hydrogen-bond donors (Lipinski definition) is 0. The summed E-state index contributed by atoms with van der Waals surface area (Å²) < 4.78 is 10.0. The van der Waals surface area contributed by atoms with Crippen LogP contribution in [-0.2, 0) is 22.5 Å². The van der Waals surface area contributed by atoms with Crippen LogP contribution in [0.1, 0.15) is 32.1 Å². The minimum atomic E-state index is -0.657. The molecule has 0 aliphatic carbocycles. The molecule has 6 nitrogen and oxygen atoms in total. The normalized spacial score (nSPS) is 13.5. The highest BCUT2D eigenvalue weighted by molar-refractivity contribution is 7.10. The van der Waals surface area contributed by atoms with Gasteiger partial charge >= 0.3 is 11.6 Å². The van der Waals surface area contributed by atoms with E-state index in [9.17, 15) is 14.4 Å². The summed E-state index contributed by atoms with van der Waals surface area (Å²) in [5.74, 6) is -0.693. The predicted octanol–water partition coefficient (Wildman–Crippen LogP) is 2.06. The fourth-order valence-electron chi connectivity index (χ4n) is 2.81. The topological polar surface area (TPSA) is 76.8 Å². The van der Waals surface area contributed by atoms with E-state index in [0.29, 0.717) is 18.7 Å². The van der Waals surface area contributed by atoms with E-state index in [1.54, 1.807) is 23.2 Å². The Labute approximate surface area is 142 Å². The Morgan fingerprint density at radius 1 is 1.38 bits per heavy atom. The lowest BCUT2D eigenvalue weighted by atomic mass is 10.1. The van der Waals surface area contributed by atoms with E-state index in [-0.39, 0.29) is 23.8 Å². The van der Waals surface area contributed by atoms with Gasteiger partial charge in [-0.3, -0.25) is 4.79 Å². The molecule has 0 bridgehead atoms. The number of amides is 1. The van der Waals surface area contributed by atoms with Gasteiger partial charge in [-0.2, -0.15) is 0 Å². The summed E-state index contributed by atoms with van der Waals surface area (Å²) in [6.45, 7) is 4.01. The smallest absolute Gasteiger partial charge is 0.342 e. The Morgan fingerprint density at radius 2 is 2.17 bits per heavy atom. The first kappa shape index (κ1) is 16.4. The van der Waals surface area contributed by atoms with Crippen molar-refractivity contribution in [2.45, 2.75) is 26.8 Å². The van der Waals surface area contributed by atoms with E-state index in [2.05, 4.69) is 0 Å². The number of carbonyl (C=O) groups is 2. The molecule has 0 fully saturated rings. The number of esters is 1. The molecule has 0 spiro atoms. The molecule has 1 aliphatic rings. The minimum absolute atomic E-state index is 0.193. The van der Waals surface area contributed by atoms with Gasteiger partial charge in [-0.15, -0.1) is 11.3 Å². The quantitative estimate of drug-likeness (QED) is 0.794. The zero-order valence-corrected chi connectivity index (χ0v) is 14.3. The third-order valence-electron chi connectivity index (χ3n) is 4.03. The number of ether oxygens (including phenoxy) is 1. The van der Waals surface area contributed by atoms with Crippen molar-refractivity contribution < 1.29 is 18.7 Å². The van der Waals surface area contributed by atoms with Crippen LogP contribution in [-0.4, -0.2) is 29.9 Å². The second-order valence-electron chi connectivity index (χ2n) is 5.69. The van der Waals surface area contributed by atoms with Gasteiger partial charge in [0.2, 0.25) is 0 Å². The third kappa shape index (κ3) is 3.26. The molecule has 0 aromatic carbocycles. The van der Waals surface area contributed by atoms with E-state index in [4.69, 9.17) is 9.15 Å². The lowest BCUT2D eigenvalue weighted by Gasteiger charge is -2.26. The molecule has 7 heteroatoms. The second-order valence-corrected chi connectivity index (χ2v) is 6.69. The molecule has 0 N–H and O–H groups in total. The molecular formula is C17H17NO5S. The average molecular weight is 347 g/mol. The lowest BCUT2D eigenvalue weighted by Crippen LogP contribution is -2.38. The van der Waals surface area contributed by atoms with Gasteiger partial charge in [-0.05, 0) is 42.8 Å². The van der Waals surface area contributed by atoms with Crippen LogP contribution in [0.25, 0.3) is 0 Å². The fraction of sp³-hybridized carbons (Fsp3) is 0.353. The second kappa shape index (κ2) is 6.60. The van der Waals surface area contributed by atoms with Crippen LogP contribution >= 0.6 is 11.3 Å². The Bertz CT molecular complexity index is 825. The van der Waals surface area contributed by atoms with Gasteiger partial charge in [0.15, 0.2) is 6.61 Å². The van der Waals surface area contributed by atoms with Crippen molar-refractivity contribution in [3.8, 4) is 0 Å². The van der Waals surface area contributed by atoms with Crippen molar-refractivity contribution >= 4 is 23.2 Å². The molecule has 0 saturated carbocycles. The summed E-state index contributed by atoms with van der Waals surface area (Å²) in [5, 5.41) is 2.02. The van der Waals surface area contributed by atoms with Crippen molar-refractivity contribution in [3.63, 3.8) is 0 Å². The first-order chi connectivity index (χ1) is 11.5. The van der Waals surface area contributed by atoms with E-state index >= 15 is 0 Å². The van der Waals surface area contributed by atoms with Crippen molar-refractivity contribution in [3.05, 3.63) is 55.3 Å². The summed E-state index contributed by atoms with van der Waals surface area (Å²) in [5.41, 5.74) is 1.31. The zero-order valence-electron chi connectivity index (χ0n) is 13.5. The van der Waals surface area contributed by atoms with Crippen LogP contribution in [0.5, 0.6) is 0 Å². The standard InChI is InChI=1S/C17H17NO5S/c1-10-7-15(20)23-11(2)16(10)17(21)22-9-14(19)18-5-3-13-12(8-18)4-6-24-13/h4,6-7H,3,5,8-9H2,1-2H3. The van der Waals surface area contributed by atoms with Crippen molar-refractivity contribution in [2.24, 2.45) is 0 Å².